The van der Waals surface area contributed by atoms with E-state index in [1.807, 2.05) is 0 Å². The van der Waals surface area contributed by atoms with Crippen LogP contribution >= 0.6 is 0 Å². The summed E-state index contributed by atoms with van der Waals surface area (Å²) >= 11 is 0. The number of rotatable bonds is 5. The molecule has 2 heteroatoms. The maximum absolute atomic E-state index is 3.92. The second-order valence-electron chi connectivity index (χ2n) is 7.29. The summed E-state index contributed by atoms with van der Waals surface area (Å²) in [6, 6.07) is 0.778. The molecule has 1 saturated heterocycles. The number of hydrogen-bond donors (Lipinski definition) is 1. The Kier molecular flexibility index (Phi) is 5.70. The lowest BCUT2D eigenvalue weighted by molar-refractivity contribution is 0.0523. The quantitative estimate of drug-likeness (QED) is 0.814. The smallest absolute Gasteiger partial charge is 0.0309 e. The summed E-state index contributed by atoms with van der Waals surface area (Å²) in [7, 11) is 0. The molecule has 1 heterocycles. The summed E-state index contributed by atoms with van der Waals surface area (Å²) in [5.41, 5.74) is 0.474. The van der Waals surface area contributed by atoms with Crippen molar-refractivity contribution < 1.29 is 0 Å². The number of hydrogen-bond acceptors (Lipinski definition) is 2. The van der Waals surface area contributed by atoms with E-state index >= 15 is 0 Å². The standard InChI is InChI=1S/C17H34N2/c1-4-16-13-18-17(10-6-5-7-11-17)14-19(16)12-8-9-15(2)3/h15-16,18H,4-14H2,1-3H3. The van der Waals surface area contributed by atoms with Gasteiger partial charge in [0, 0.05) is 24.7 Å². The van der Waals surface area contributed by atoms with Crippen molar-refractivity contribution in [1.82, 2.24) is 10.2 Å². The third kappa shape index (κ3) is 4.19. The van der Waals surface area contributed by atoms with Gasteiger partial charge in [-0.05, 0) is 44.6 Å². The van der Waals surface area contributed by atoms with Crippen molar-refractivity contribution in [2.75, 3.05) is 19.6 Å². The molecule has 1 saturated carbocycles. The Bertz CT molecular complexity index is 256. The van der Waals surface area contributed by atoms with Crippen LogP contribution in [0.25, 0.3) is 0 Å². The molecule has 1 aliphatic heterocycles. The summed E-state index contributed by atoms with van der Waals surface area (Å²) in [5, 5.41) is 3.92. The number of piperazine rings is 1. The average Bonchev–Trinajstić information content (AvgIpc) is 2.40. The molecule has 2 aliphatic rings. The van der Waals surface area contributed by atoms with E-state index in [9.17, 15) is 0 Å². The van der Waals surface area contributed by atoms with Crippen molar-refractivity contribution in [3.05, 3.63) is 0 Å². The zero-order chi connectivity index (χ0) is 13.7. The lowest BCUT2D eigenvalue weighted by atomic mass is 9.79. The largest absolute Gasteiger partial charge is 0.308 e. The van der Waals surface area contributed by atoms with Gasteiger partial charge in [0.2, 0.25) is 0 Å². The van der Waals surface area contributed by atoms with E-state index in [4.69, 9.17) is 0 Å². The molecule has 0 aromatic heterocycles. The van der Waals surface area contributed by atoms with Gasteiger partial charge in [-0.1, -0.05) is 40.0 Å². The Labute approximate surface area is 120 Å². The molecule has 2 nitrogen and oxygen atoms in total. The molecule has 2 rings (SSSR count). The van der Waals surface area contributed by atoms with E-state index < -0.39 is 0 Å². The molecule has 1 atom stereocenters. The first kappa shape index (κ1) is 15.3. The van der Waals surface area contributed by atoms with Crippen LogP contribution < -0.4 is 5.32 Å². The summed E-state index contributed by atoms with van der Waals surface area (Å²) in [6.45, 7) is 10.9. The van der Waals surface area contributed by atoms with Crippen molar-refractivity contribution in [3.63, 3.8) is 0 Å². The highest BCUT2D eigenvalue weighted by atomic mass is 15.3. The van der Waals surface area contributed by atoms with Crippen LogP contribution in [0, 0.1) is 5.92 Å². The summed E-state index contributed by atoms with van der Waals surface area (Å²) < 4.78 is 0. The van der Waals surface area contributed by atoms with Gasteiger partial charge in [-0.15, -0.1) is 0 Å². The average molecular weight is 266 g/mol. The molecular weight excluding hydrogens is 232 g/mol. The molecule has 2 fully saturated rings. The third-order valence-corrected chi connectivity index (χ3v) is 5.24. The van der Waals surface area contributed by atoms with Crippen LogP contribution in [0.1, 0.15) is 72.1 Å². The zero-order valence-corrected chi connectivity index (χ0v) is 13.4. The first-order valence-electron chi connectivity index (χ1n) is 8.64. The van der Waals surface area contributed by atoms with Gasteiger partial charge in [0.1, 0.15) is 0 Å². The number of nitrogens with one attached hydrogen (secondary N) is 1. The Morgan fingerprint density at radius 2 is 1.95 bits per heavy atom. The minimum Gasteiger partial charge on any atom is -0.308 e. The van der Waals surface area contributed by atoms with Gasteiger partial charge >= 0.3 is 0 Å². The Balaban J connectivity index is 1.88. The predicted octanol–water partition coefficient (Wildman–Crippen LogP) is 3.81. The van der Waals surface area contributed by atoms with Crippen molar-refractivity contribution in [2.24, 2.45) is 5.92 Å². The van der Waals surface area contributed by atoms with E-state index in [1.54, 1.807) is 0 Å². The molecular formula is C17H34N2. The van der Waals surface area contributed by atoms with E-state index in [0.717, 1.165) is 12.0 Å². The van der Waals surface area contributed by atoms with Gasteiger partial charge in [-0.3, -0.25) is 4.90 Å². The van der Waals surface area contributed by atoms with Crippen molar-refractivity contribution in [1.29, 1.82) is 0 Å². The van der Waals surface area contributed by atoms with Crippen LogP contribution in [0.4, 0.5) is 0 Å². The second kappa shape index (κ2) is 7.08. The molecule has 1 N–H and O–H groups in total. The van der Waals surface area contributed by atoms with Crippen molar-refractivity contribution in [3.8, 4) is 0 Å². The molecule has 1 unspecified atom stereocenters. The normalized spacial score (nSPS) is 28.1. The first-order chi connectivity index (χ1) is 9.15. The van der Waals surface area contributed by atoms with Gasteiger partial charge in [0.05, 0.1) is 0 Å². The lowest BCUT2D eigenvalue weighted by Crippen LogP contribution is -2.64. The Morgan fingerprint density at radius 1 is 1.21 bits per heavy atom. The fraction of sp³-hybridized carbons (Fsp3) is 1.00. The van der Waals surface area contributed by atoms with Gasteiger partial charge in [0.15, 0.2) is 0 Å². The highest BCUT2D eigenvalue weighted by molar-refractivity contribution is 4.99. The van der Waals surface area contributed by atoms with E-state index in [2.05, 4.69) is 31.0 Å². The summed E-state index contributed by atoms with van der Waals surface area (Å²) in [6.07, 6.45) is 11.2. The molecule has 0 aromatic rings. The predicted molar refractivity (Wildman–Crippen MR) is 83.5 cm³/mol. The Hall–Kier alpha value is -0.0800. The highest BCUT2D eigenvalue weighted by Gasteiger charge is 2.38. The van der Waals surface area contributed by atoms with Crippen LogP contribution in [0.2, 0.25) is 0 Å². The molecule has 112 valence electrons. The third-order valence-electron chi connectivity index (χ3n) is 5.24. The van der Waals surface area contributed by atoms with Gasteiger partial charge < -0.3 is 5.32 Å². The first-order valence-corrected chi connectivity index (χ1v) is 8.64. The SMILES string of the molecule is CCC1CNC2(CCCCC2)CN1CCCC(C)C. The van der Waals surface area contributed by atoms with Gasteiger partial charge in [-0.25, -0.2) is 0 Å². The van der Waals surface area contributed by atoms with E-state index in [0.29, 0.717) is 5.54 Å². The molecule has 0 aromatic carbocycles. The van der Waals surface area contributed by atoms with Crippen LogP contribution in [0.3, 0.4) is 0 Å². The fourth-order valence-corrected chi connectivity index (χ4v) is 3.97. The van der Waals surface area contributed by atoms with Crippen molar-refractivity contribution >= 4 is 0 Å². The fourth-order valence-electron chi connectivity index (χ4n) is 3.97. The molecule has 19 heavy (non-hydrogen) atoms. The zero-order valence-electron chi connectivity index (χ0n) is 13.4. The summed E-state index contributed by atoms with van der Waals surface area (Å²) in [5.74, 6) is 0.853. The molecule has 0 radical (unpaired) electrons. The number of nitrogens with zero attached hydrogens (tertiary/aromatic N) is 1. The van der Waals surface area contributed by atoms with Gasteiger partial charge in [-0.2, -0.15) is 0 Å². The van der Waals surface area contributed by atoms with Crippen LogP contribution in [-0.4, -0.2) is 36.1 Å². The molecule has 0 amide bonds. The summed E-state index contributed by atoms with van der Waals surface area (Å²) in [4.78, 5) is 2.81. The monoisotopic (exact) mass is 266 g/mol. The minimum absolute atomic E-state index is 0.474. The Morgan fingerprint density at radius 3 is 2.58 bits per heavy atom. The minimum atomic E-state index is 0.474. The maximum Gasteiger partial charge on any atom is 0.0309 e. The van der Waals surface area contributed by atoms with Crippen LogP contribution in [0.5, 0.6) is 0 Å². The van der Waals surface area contributed by atoms with Gasteiger partial charge in [0.25, 0.3) is 0 Å². The van der Waals surface area contributed by atoms with Crippen LogP contribution in [-0.2, 0) is 0 Å². The molecule has 1 aliphatic carbocycles. The van der Waals surface area contributed by atoms with E-state index in [-0.39, 0.29) is 0 Å². The molecule has 0 bridgehead atoms. The van der Waals surface area contributed by atoms with E-state index in [1.165, 1.54) is 71.0 Å². The van der Waals surface area contributed by atoms with Crippen molar-refractivity contribution in [2.45, 2.75) is 83.7 Å². The lowest BCUT2D eigenvalue weighted by Gasteiger charge is -2.49. The topological polar surface area (TPSA) is 15.3 Å². The second-order valence-corrected chi connectivity index (χ2v) is 7.29. The van der Waals surface area contributed by atoms with Crippen LogP contribution in [0.15, 0.2) is 0 Å². The highest BCUT2D eigenvalue weighted by Crippen LogP contribution is 2.32. The molecule has 1 spiro atoms. The maximum atomic E-state index is 3.92.